The molecule has 3 rings (SSSR count). The van der Waals surface area contributed by atoms with Gasteiger partial charge in [-0.05, 0) is 25.7 Å². The van der Waals surface area contributed by atoms with Gasteiger partial charge in [0.1, 0.15) is 6.10 Å². The van der Waals surface area contributed by atoms with E-state index in [1.54, 1.807) is 0 Å². The van der Waals surface area contributed by atoms with Gasteiger partial charge in [0.2, 0.25) is 0 Å². The fourth-order valence-corrected chi connectivity index (χ4v) is 4.07. The van der Waals surface area contributed by atoms with Gasteiger partial charge >= 0.3 is 5.97 Å². The van der Waals surface area contributed by atoms with Crippen molar-refractivity contribution in [3.63, 3.8) is 0 Å². The molecule has 2 aliphatic carbocycles. The Balaban J connectivity index is 2.04. The number of rotatable bonds is 0. The highest BCUT2D eigenvalue weighted by molar-refractivity contribution is 5.99. The van der Waals surface area contributed by atoms with Gasteiger partial charge < -0.3 is 4.74 Å². The molecule has 0 N–H and O–H groups in total. The molecule has 3 nitrogen and oxygen atoms in total. The maximum atomic E-state index is 12.1. The van der Waals surface area contributed by atoms with Crippen molar-refractivity contribution in [2.24, 2.45) is 23.7 Å². The molecule has 18 heavy (non-hydrogen) atoms. The number of Topliss-reactive ketones (excluding diaryl/α,β-unsaturated/α-hetero) is 1. The van der Waals surface area contributed by atoms with Crippen molar-refractivity contribution < 1.29 is 14.3 Å². The summed E-state index contributed by atoms with van der Waals surface area (Å²) >= 11 is 0. The lowest BCUT2D eigenvalue weighted by molar-refractivity contribution is -0.145. The molecule has 98 valence electrons. The molecule has 1 heterocycles. The lowest BCUT2D eigenvalue weighted by atomic mass is 9.80. The number of hydrogen-bond acceptors (Lipinski definition) is 3. The number of esters is 1. The number of allylic oxidation sites excluding steroid dienone is 1. The topological polar surface area (TPSA) is 43.4 Å². The largest absolute Gasteiger partial charge is 0.461 e. The van der Waals surface area contributed by atoms with Crippen LogP contribution in [0.25, 0.3) is 0 Å². The second-order valence-electron chi connectivity index (χ2n) is 6.22. The van der Waals surface area contributed by atoms with E-state index in [0.29, 0.717) is 18.3 Å². The molecule has 5 atom stereocenters. The van der Waals surface area contributed by atoms with Crippen molar-refractivity contribution in [3.8, 4) is 0 Å². The van der Waals surface area contributed by atoms with Gasteiger partial charge in [-0.25, -0.2) is 0 Å². The molecule has 0 aromatic rings. The molecule has 0 radical (unpaired) electrons. The predicted molar refractivity (Wildman–Crippen MR) is 66.7 cm³/mol. The third-order valence-corrected chi connectivity index (χ3v) is 5.11. The minimum Gasteiger partial charge on any atom is -0.461 e. The van der Waals surface area contributed by atoms with Crippen molar-refractivity contribution in [3.05, 3.63) is 11.1 Å². The van der Waals surface area contributed by atoms with E-state index in [0.717, 1.165) is 18.4 Å². The van der Waals surface area contributed by atoms with Gasteiger partial charge in [-0.2, -0.15) is 0 Å². The van der Waals surface area contributed by atoms with Crippen molar-refractivity contribution in [2.75, 3.05) is 0 Å². The molecule has 1 aliphatic heterocycles. The Hall–Kier alpha value is -1.12. The van der Waals surface area contributed by atoms with E-state index in [4.69, 9.17) is 4.74 Å². The van der Waals surface area contributed by atoms with Gasteiger partial charge in [0.05, 0.1) is 5.92 Å². The summed E-state index contributed by atoms with van der Waals surface area (Å²) in [4.78, 5) is 23.9. The van der Waals surface area contributed by atoms with Crippen LogP contribution in [0.3, 0.4) is 0 Å². The second-order valence-corrected chi connectivity index (χ2v) is 6.22. The maximum absolute atomic E-state index is 12.1. The highest BCUT2D eigenvalue weighted by atomic mass is 16.6. The van der Waals surface area contributed by atoms with Crippen LogP contribution in [0.5, 0.6) is 0 Å². The number of ketones is 1. The van der Waals surface area contributed by atoms with Gasteiger partial charge in [0.15, 0.2) is 5.78 Å². The SMILES string of the molecule is CC1=C2C(=O)CC(C)C2C2OC(=O)C(C)C2CC1. The quantitative estimate of drug-likeness (QED) is 0.619. The molecule has 0 bridgehead atoms. The van der Waals surface area contributed by atoms with E-state index < -0.39 is 0 Å². The van der Waals surface area contributed by atoms with Crippen molar-refractivity contribution in [1.29, 1.82) is 0 Å². The highest BCUT2D eigenvalue weighted by Gasteiger charge is 2.52. The standard InChI is InChI=1S/C15H20O3/c1-7-4-5-10-9(3)15(17)18-14(10)13-8(2)6-11(16)12(7)13/h8-10,13-14H,4-6H2,1-3H3. The predicted octanol–water partition coefficient (Wildman–Crippen LogP) is 2.50. The second kappa shape index (κ2) is 3.94. The van der Waals surface area contributed by atoms with E-state index in [9.17, 15) is 9.59 Å². The lowest BCUT2D eigenvalue weighted by Crippen LogP contribution is -2.29. The van der Waals surface area contributed by atoms with Gasteiger partial charge in [-0.15, -0.1) is 0 Å². The highest BCUT2D eigenvalue weighted by Crippen LogP contribution is 2.49. The zero-order valence-electron chi connectivity index (χ0n) is 11.2. The molecule has 1 saturated heterocycles. The first-order valence-corrected chi connectivity index (χ1v) is 6.94. The smallest absolute Gasteiger partial charge is 0.309 e. The molecule has 2 fully saturated rings. The summed E-state index contributed by atoms with van der Waals surface area (Å²) in [6.45, 7) is 6.16. The molecular weight excluding hydrogens is 228 g/mol. The Morgan fingerprint density at radius 2 is 1.94 bits per heavy atom. The minimum atomic E-state index is -0.0737. The van der Waals surface area contributed by atoms with E-state index in [-0.39, 0.29) is 29.7 Å². The Bertz CT molecular complexity index is 449. The molecular formula is C15H20O3. The van der Waals surface area contributed by atoms with Gasteiger partial charge in [0.25, 0.3) is 0 Å². The summed E-state index contributed by atoms with van der Waals surface area (Å²) in [7, 11) is 0. The van der Waals surface area contributed by atoms with Crippen LogP contribution in [0, 0.1) is 23.7 Å². The van der Waals surface area contributed by atoms with E-state index in [1.807, 2.05) is 6.92 Å². The molecule has 3 aliphatic rings. The first kappa shape index (κ1) is 11.9. The zero-order valence-corrected chi connectivity index (χ0v) is 11.2. The summed E-state index contributed by atoms with van der Waals surface area (Å²) in [5.41, 5.74) is 2.21. The van der Waals surface area contributed by atoms with Crippen LogP contribution in [-0.2, 0) is 14.3 Å². The Kier molecular flexibility index (Phi) is 2.61. The van der Waals surface area contributed by atoms with Gasteiger partial charge in [0, 0.05) is 23.8 Å². The normalized spacial score (nSPS) is 43.6. The van der Waals surface area contributed by atoms with E-state index >= 15 is 0 Å². The summed E-state index contributed by atoms with van der Waals surface area (Å²) in [6.07, 6.45) is 2.48. The third kappa shape index (κ3) is 1.49. The van der Waals surface area contributed by atoms with Crippen LogP contribution in [0.2, 0.25) is 0 Å². The number of fused-ring (bicyclic) bond motifs is 3. The zero-order chi connectivity index (χ0) is 13.0. The molecule has 5 unspecified atom stereocenters. The Morgan fingerprint density at radius 3 is 2.67 bits per heavy atom. The molecule has 0 amide bonds. The summed E-state index contributed by atoms with van der Waals surface area (Å²) in [6, 6.07) is 0. The van der Waals surface area contributed by atoms with Crippen LogP contribution in [0.4, 0.5) is 0 Å². The monoisotopic (exact) mass is 248 g/mol. The molecule has 0 spiro atoms. The van der Waals surface area contributed by atoms with Crippen molar-refractivity contribution in [1.82, 2.24) is 0 Å². The van der Waals surface area contributed by atoms with Crippen LogP contribution < -0.4 is 0 Å². The average molecular weight is 248 g/mol. The molecule has 3 heteroatoms. The van der Waals surface area contributed by atoms with Crippen molar-refractivity contribution >= 4 is 11.8 Å². The summed E-state index contributed by atoms with van der Waals surface area (Å²) < 4.78 is 5.61. The fraction of sp³-hybridized carbons (Fsp3) is 0.733. The molecule has 1 saturated carbocycles. The Labute approximate surface area is 108 Å². The van der Waals surface area contributed by atoms with Crippen LogP contribution >= 0.6 is 0 Å². The number of hydrogen-bond donors (Lipinski definition) is 0. The van der Waals surface area contributed by atoms with Crippen LogP contribution in [-0.4, -0.2) is 17.9 Å². The minimum absolute atomic E-state index is 0.00921. The van der Waals surface area contributed by atoms with Crippen LogP contribution in [0.15, 0.2) is 11.1 Å². The number of carbonyl (C=O) groups is 2. The molecule has 0 aromatic carbocycles. The molecule has 0 aromatic heterocycles. The lowest BCUT2D eigenvalue weighted by Gasteiger charge is -2.26. The van der Waals surface area contributed by atoms with Gasteiger partial charge in [-0.1, -0.05) is 19.4 Å². The first-order chi connectivity index (χ1) is 8.50. The summed E-state index contributed by atoms with van der Waals surface area (Å²) in [5.74, 6) is 0.954. The number of carbonyl (C=O) groups excluding carboxylic acids is 2. The van der Waals surface area contributed by atoms with E-state index in [1.165, 1.54) is 5.57 Å². The fourth-order valence-electron chi connectivity index (χ4n) is 4.07. The van der Waals surface area contributed by atoms with Crippen molar-refractivity contribution in [2.45, 2.75) is 46.1 Å². The van der Waals surface area contributed by atoms with E-state index in [2.05, 4.69) is 13.8 Å². The summed E-state index contributed by atoms with van der Waals surface area (Å²) in [5, 5.41) is 0. The maximum Gasteiger partial charge on any atom is 0.309 e. The first-order valence-electron chi connectivity index (χ1n) is 6.94. The average Bonchev–Trinajstić information content (AvgIpc) is 2.68. The van der Waals surface area contributed by atoms with Gasteiger partial charge in [-0.3, -0.25) is 9.59 Å². The third-order valence-electron chi connectivity index (χ3n) is 5.11. The van der Waals surface area contributed by atoms with Crippen LogP contribution in [0.1, 0.15) is 40.0 Å². The Morgan fingerprint density at radius 1 is 1.22 bits per heavy atom. The number of ether oxygens (including phenoxy) is 1.